The Hall–Kier alpha value is -1.81. The van der Waals surface area contributed by atoms with Gasteiger partial charge in [0.1, 0.15) is 11.8 Å². The van der Waals surface area contributed by atoms with E-state index in [1.807, 2.05) is 13.8 Å². The first-order valence-corrected chi connectivity index (χ1v) is 11.1. The molecule has 0 aliphatic carbocycles. The highest BCUT2D eigenvalue weighted by molar-refractivity contribution is 5.80. The van der Waals surface area contributed by atoms with Crippen LogP contribution in [0, 0.1) is 19.8 Å². The maximum atomic E-state index is 12.9. The second kappa shape index (κ2) is 10.2. The number of hydrogen-bond acceptors (Lipinski definition) is 5. The molecule has 0 aromatic carbocycles. The van der Waals surface area contributed by atoms with Crippen LogP contribution in [0.2, 0.25) is 0 Å². The first-order chi connectivity index (χ1) is 14.7. The van der Waals surface area contributed by atoms with Gasteiger partial charge in [0.25, 0.3) is 0 Å². The first kappa shape index (κ1) is 23.8. The van der Waals surface area contributed by atoms with E-state index in [9.17, 15) is 13.2 Å². The number of aromatic nitrogens is 1. The Bertz CT molecular complexity index is 714. The highest BCUT2D eigenvalue weighted by atomic mass is 19.4. The van der Waals surface area contributed by atoms with Crippen LogP contribution in [0.5, 0.6) is 0 Å². The van der Waals surface area contributed by atoms with E-state index in [1.165, 1.54) is 11.8 Å². The number of rotatable bonds is 5. The summed E-state index contributed by atoms with van der Waals surface area (Å²) in [6.07, 6.45) is -2.01. The third-order valence-corrected chi connectivity index (χ3v) is 6.53. The molecule has 0 saturated carbocycles. The van der Waals surface area contributed by atoms with E-state index in [0.717, 1.165) is 62.3 Å². The molecule has 1 aromatic heterocycles. The summed E-state index contributed by atoms with van der Waals surface area (Å²) in [6, 6.07) is -1.40. The van der Waals surface area contributed by atoms with E-state index in [1.54, 1.807) is 7.05 Å². The van der Waals surface area contributed by atoms with Crippen LogP contribution in [0.4, 0.5) is 13.2 Å². The van der Waals surface area contributed by atoms with Gasteiger partial charge in [0.05, 0.1) is 12.2 Å². The fourth-order valence-electron chi connectivity index (χ4n) is 4.24. The molecule has 1 atom stereocenters. The second-order valence-corrected chi connectivity index (χ2v) is 8.64. The lowest BCUT2D eigenvalue weighted by molar-refractivity contribution is -0.181. The molecule has 0 bridgehead atoms. The summed E-state index contributed by atoms with van der Waals surface area (Å²) in [5.41, 5.74) is 0.953. The number of halogens is 3. The van der Waals surface area contributed by atoms with Crippen molar-refractivity contribution >= 4 is 5.96 Å². The Morgan fingerprint density at radius 2 is 1.81 bits per heavy atom. The zero-order valence-electron chi connectivity index (χ0n) is 19.0. The van der Waals surface area contributed by atoms with Crippen molar-refractivity contribution in [3.8, 4) is 0 Å². The number of aliphatic imine (C=N–C) groups is 1. The Labute approximate surface area is 182 Å². The van der Waals surface area contributed by atoms with Crippen LogP contribution >= 0.6 is 0 Å². The van der Waals surface area contributed by atoms with Gasteiger partial charge in [0.15, 0.2) is 5.96 Å². The maximum Gasteiger partial charge on any atom is 0.403 e. The molecule has 2 aliphatic rings. The van der Waals surface area contributed by atoms with Crippen molar-refractivity contribution in [3.63, 3.8) is 0 Å². The quantitative estimate of drug-likeness (QED) is 0.557. The van der Waals surface area contributed by atoms with Gasteiger partial charge in [-0.05, 0) is 52.6 Å². The van der Waals surface area contributed by atoms with Gasteiger partial charge in [0.2, 0.25) is 5.89 Å². The molecule has 3 heterocycles. The minimum atomic E-state index is -4.18. The summed E-state index contributed by atoms with van der Waals surface area (Å²) in [5.74, 6) is 3.00. The standard InChI is InChI=1S/C21H35F3N6O/c1-15-16(2)31-19(27-15)14-28-7-5-18(6-8-28)13-26-20(25-4)30-11-9-29(10-12-30)17(3)21(22,23)24/h17-18H,5-14H2,1-4H3,(H,25,26). The number of oxazole rings is 1. The number of piperazine rings is 1. The molecule has 31 heavy (non-hydrogen) atoms. The highest BCUT2D eigenvalue weighted by Gasteiger charge is 2.41. The molecule has 1 aromatic rings. The minimum absolute atomic E-state index is 0.388. The van der Waals surface area contributed by atoms with E-state index in [2.05, 4.69) is 25.1 Å². The summed E-state index contributed by atoms with van der Waals surface area (Å²) in [5, 5.41) is 3.44. The largest absolute Gasteiger partial charge is 0.444 e. The molecule has 10 heteroatoms. The fraction of sp³-hybridized carbons (Fsp3) is 0.810. The van der Waals surface area contributed by atoms with Crippen molar-refractivity contribution in [1.82, 2.24) is 25.0 Å². The van der Waals surface area contributed by atoms with Crippen LogP contribution in [-0.4, -0.2) is 90.7 Å². The van der Waals surface area contributed by atoms with E-state index in [0.29, 0.717) is 32.1 Å². The summed E-state index contributed by atoms with van der Waals surface area (Å²) in [6.45, 7) is 10.6. The molecule has 2 aliphatic heterocycles. The Morgan fingerprint density at radius 1 is 1.16 bits per heavy atom. The van der Waals surface area contributed by atoms with Gasteiger partial charge in [-0.1, -0.05) is 0 Å². The lowest BCUT2D eigenvalue weighted by Gasteiger charge is -2.40. The summed E-state index contributed by atoms with van der Waals surface area (Å²) in [7, 11) is 1.73. The Morgan fingerprint density at radius 3 is 2.32 bits per heavy atom. The van der Waals surface area contributed by atoms with E-state index >= 15 is 0 Å². The van der Waals surface area contributed by atoms with Gasteiger partial charge in [-0.2, -0.15) is 13.2 Å². The summed E-state index contributed by atoms with van der Waals surface area (Å²) >= 11 is 0. The number of nitrogens with one attached hydrogen (secondary N) is 1. The number of piperidine rings is 1. The number of hydrogen-bond donors (Lipinski definition) is 1. The molecule has 176 valence electrons. The predicted octanol–water partition coefficient (Wildman–Crippen LogP) is 2.65. The van der Waals surface area contributed by atoms with Crippen molar-refractivity contribution in [1.29, 1.82) is 0 Å². The van der Waals surface area contributed by atoms with Crippen molar-refractivity contribution in [2.75, 3.05) is 52.9 Å². The van der Waals surface area contributed by atoms with E-state index in [-0.39, 0.29) is 0 Å². The van der Waals surface area contributed by atoms with Crippen molar-refractivity contribution in [3.05, 3.63) is 17.3 Å². The SMILES string of the molecule is CN=C(NCC1CCN(Cc2nc(C)c(C)o2)CC1)N1CCN(C(C)C(F)(F)F)CC1. The van der Waals surface area contributed by atoms with Crippen molar-refractivity contribution in [2.45, 2.75) is 52.4 Å². The normalized spacial score (nSPS) is 21.5. The molecule has 1 N–H and O–H groups in total. The summed E-state index contributed by atoms with van der Waals surface area (Å²) in [4.78, 5) is 14.7. The average Bonchev–Trinajstić information content (AvgIpc) is 3.05. The summed E-state index contributed by atoms with van der Waals surface area (Å²) < 4.78 is 44.5. The van der Waals surface area contributed by atoms with E-state index in [4.69, 9.17) is 4.42 Å². The molecule has 0 spiro atoms. The Kier molecular flexibility index (Phi) is 7.85. The first-order valence-electron chi connectivity index (χ1n) is 11.1. The van der Waals surface area contributed by atoms with E-state index < -0.39 is 12.2 Å². The van der Waals surface area contributed by atoms with Crippen LogP contribution < -0.4 is 5.32 Å². The Balaban J connectivity index is 1.39. The zero-order valence-corrected chi connectivity index (χ0v) is 19.0. The molecule has 0 amide bonds. The molecule has 2 fully saturated rings. The van der Waals surface area contributed by atoms with Gasteiger partial charge < -0.3 is 14.6 Å². The third kappa shape index (κ3) is 6.35. The third-order valence-electron chi connectivity index (χ3n) is 6.53. The van der Waals surface area contributed by atoms with Gasteiger partial charge in [-0.15, -0.1) is 0 Å². The smallest absolute Gasteiger partial charge is 0.403 e. The van der Waals surface area contributed by atoms with Crippen molar-refractivity contribution in [2.24, 2.45) is 10.9 Å². The number of likely N-dealkylation sites (tertiary alicyclic amines) is 1. The van der Waals surface area contributed by atoms with Crippen LogP contribution in [0.15, 0.2) is 9.41 Å². The molecular formula is C21H35F3N6O. The van der Waals surface area contributed by atoms with Crippen LogP contribution in [0.25, 0.3) is 0 Å². The van der Waals surface area contributed by atoms with Gasteiger partial charge in [-0.3, -0.25) is 14.8 Å². The van der Waals surface area contributed by atoms with Gasteiger partial charge in [0, 0.05) is 39.8 Å². The molecule has 1 unspecified atom stereocenters. The average molecular weight is 445 g/mol. The molecule has 0 radical (unpaired) electrons. The van der Waals surface area contributed by atoms with Crippen LogP contribution in [0.3, 0.4) is 0 Å². The monoisotopic (exact) mass is 444 g/mol. The molecule has 7 nitrogen and oxygen atoms in total. The number of aryl methyl sites for hydroxylation is 2. The molecule has 3 rings (SSSR count). The lowest BCUT2D eigenvalue weighted by atomic mass is 9.97. The lowest BCUT2D eigenvalue weighted by Crippen LogP contribution is -2.57. The fourth-order valence-corrected chi connectivity index (χ4v) is 4.24. The second-order valence-electron chi connectivity index (χ2n) is 8.64. The van der Waals surface area contributed by atoms with Crippen LogP contribution in [0.1, 0.15) is 37.1 Å². The predicted molar refractivity (Wildman–Crippen MR) is 114 cm³/mol. The number of guanidine groups is 1. The zero-order chi connectivity index (χ0) is 22.6. The minimum Gasteiger partial charge on any atom is -0.444 e. The molecular weight excluding hydrogens is 409 g/mol. The highest BCUT2D eigenvalue weighted by Crippen LogP contribution is 2.25. The van der Waals surface area contributed by atoms with Crippen LogP contribution in [-0.2, 0) is 6.54 Å². The number of alkyl halides is 3. The maximum absolute atomic E-state index is 12.9. The van der Waals surface area contributed by atoms with Crippen molar-refractivity contribution < 1.29 is 17.6 Å². The van der Waals surface area contributed by atoms with Gasteiger partial charge >= 0.3 is 6.18 Å². The van der Waals surface area contributed by atoms with Gasteiger partial charge in [-0.25, -0.2) is 4.98 Å². The topological polar surface area (TPSA) is 60.1 Å². The number of nitrogens with zero attached hydrogens (tertiary/aromatic N) is 5. The molecule has 2 saturated heterocycles.